The van der Waals surface area contributed by atoms with E-state index < -0.39 is 29.2 Å². The van der Waals surface area contributed by atoms with Crippen molar-refractivity contribution in [3.8, 4) is 0 Å². The third kappa shape index (κ3) is 3.61. The molecule has 0 amide bonds. The highest BCUT2D eigenvalue weighted by atomic mass is 19.4. The molecule has 1 nitrogen and oxygen atoms in total. The lowest BCUT2D eigenvalue weighted by molar-refractivity contribution is -0.139. The first-order valence-electron chi connectivity index (χ1n) is 6.38. The van der Waals surface area contributed by atoms with Crippen molar-refractivity contribution in [2.45, 2.75) is 25.6 Å². The summed E-state index contributed by atoms with van der Waals surface area (Å²) in [6, 6.07) is 9.22. The topological polar surface area (TPSA) is 20.2 Å². The van der Waals surface area contributed by atoms with Crippen LogP contribution in [0.4, 0.5) is 17.6 Å². The van der Waals surface area contributed by atoms with Crippen molar-refractivity contribution >= 4 is 0 Å². The van der Waals surface area contributed by atoms with Crippen molar-refractivity contribution in [2.24, 2.45) is 0 Å². The summed E-state index contributed by atoms with van der Waals surface area (Å²) in [7, 11) is 0. The zero-order valence-corrected chi connectivity index (χ0v) is 11.3. The van der Waals surface area contributed by atoms with E-state index in [4.69, 9.17) is 0 Å². The van der Waals surface area contributed by atoms with Crippen molar-refractivity contribution in [3.05, 3.63) is 70.5 Å². The van der Waals surface area contributed by atoms with E-state index in [-0.39, 0.29) is 6.42 Å². The molecule has 2 aromatic carbocycles. The van der Waals surface area contributed by atoms with Crippen LogP contribution in [0.5, 0.6) is 0 Å². The summed E-state index contributed by atoms with van der Waals surface area (Å²) in [6.07, 6.45) is -6.05. The molecule has 21 heavy (non-hydrogen) atoms. The van der Waals surface area contributed by atoms with E-state index >= 15 is 0 Å². The second-order valence-electron chi connectivity index (χ2n) is 4.88. The Balaban J connectivity index is 2.37. The number of hydrogen-bond acceptors (Lipinski definition) is 1. The summed E-state index contributed by atoms with van der Waals surface area (Å²) in [5.41, 5.74) is 0.139. The summed E-state index contributed by atoms with van der Waals surface area (Å²) < 4.78 is 52.0. The predicted octanol–water partition coefficient (Wildman–Crippen LogP) is 4.43. The number of aryl methyl sites for hydroxylation is 1. The Labute approximate surface area is 119 Å². The first-order valence-corrected chi connectivity index (χ1v) is 6.38. The maximum atomic E-state index is 13.2. The van der Waals surface area contributed by atoms with E-state index in [1.807, 2.05) is 0 Å². The van der Waals surface area contributed by atoms with Gasteiger partial charge < -0.3 is 5.11 Å². The van der Waals surface area contributed by atoms with Crippen LogP contribution in [0, 0.1) is 12.7 Å². The molecule has 0 aliphatic rings. The molecule has 0 fully saturated rings. The van der Waals surface area contributed by atoms with Crippen LogP contribution in [0.3, 0.4) is 0 Å². The molecule has 2 aromatic rings. The number of halogens is 4. The van der Waals surface area contributed by atoms with Gasteiger partial charge in [0.25, 0.3) is 0 Å². The van der Waals surface area contributed by atoms with E-state index in [0.717, 1.165) is 23.3 Å². The molecule has 0 saturated heterocycles. The van der Waals surface area contributed by atoms with Gasteiger partial charge in [0.15, 0.2) is 0 Å². The lowest BCUT2D eigenvalue weighted by Gasteiger charge is -2.18. The lowest BCUT2D eigenvalue weighted by Crippen LogP contribution is -2.14. The first kappa shape index (κ1) is 15.5. The van der Waals surface area contributed by atoms with Crippen LogP contribution in [0.15, 0.2) is 42.5 Å². The molecule has 0 bridgehead atoms. The molecular weight excluding hydrogens is 284 g/mol. The standard InChI is InChI=1S/C16H14F4O/c1-10-4-2-3-5-11(10)8-15(21)13-9-12(17)6-7-14(13)16(18,19)20/h2-7,9,15,21H,8H2,1H3. The van der Waals surface area contributed by atoms with Gasteiger partial charge in [0.2, 0.25) is 0 Å². The molecule has 0 aromatic heterocycles. The van der Waals surface area contributed by atoms with Gasteiger partial charge in [-0.25, -0.2) is 4.39 Å². The van der Waals surface area contributed by atoms with Crippen LogP contribution in [0.1, 0.15) is 28.4 Å². The average molecular weight is 298 g/mol. The Kier molecular flexibility index (Phi) is 4.32. The predicted molar refractivity (Wildman–Crippen MR) is 71.2 cm³/mol. The molecule has 0 aliphatic heterocycles. The highest BCUT2D eigenvalue weighted by Gasteiger charge is 2.35. The van der Waals surface area contributed by atoms with Crippen molar-refractivity contribution in [2.75, 3.05) is 0 Å². The smallest absolute Gasteiger partial charge is 0.388 e. The van der Waals surface area contributed by atoms with Crippen molar-refractivity contribution < 1.29 is 22.7 Å². The van der Waals surface area contributed by atoms with Gasteiger partial charge >= 0.3 is 6.18 Å². The molecular formula is C16H14F4O. The molecule has 0 heterocycles. The molecule has 0 radical (unpaired) electrons. The Morgan fingerprint density at radius 3 is 2.38 bits per heavy atom. The van der Waals surface area contributed by atoms with Crippen molar-refractivity contribution in [1.82, 2.24) is 0 Å². The van der Waals surface area contributed by atoms with Gasteiger partial charge in [-0.15, -0.1) is 0 Å². The van der Waals surface area contributed by atoms with Gasteiger partial charge in [-0.2, -0.15) is 13.2 Å². The minimum Gasteiger partial charge on any atom is -0.388 e. The molecule has 112 valence electrons. The van der Waals surface area contributed by atoms with Crippen molar-refractivity contribution in [1.29, 1.82) is 0 Å². The second-order valence-corrected chi connectivity index (χ2v) is 4.88. The minimum atomic E-state index is -4.63. The van der Waals surface area contributed by atoms with E-state index in [2.05, 4.69) is 0 Å². The highest BCUT2D eigenvalue weighted by Crippen LogP contribution is 2.36. The maximum Gasteiger partial charge on any atom is 0.416 e. The largest absolute Gasteiger partial charge is 0.416 e. The number of hydrogen-bond donors (Lipinski definition) is 1. The van der Waals surface area contributed by atoms with Gasteiger partial charge in [0.05, 0.1) is 11.7 Å². The lowest BCUT2D eigenvalue weighted by atomic mass is 9.95. The van der Waals surface area contributed by atoms with Gasteiger partial charge in [-0.3, -0.25) is 0 Å². The molecule has 5 heteroatoms. The number of aliphatic hydroxyl groups excluding tert-OH is 1. The Bertz CT molecular complexity index is 634. The summed E-state index contributed by atoms with van der Waals surface area (Å²) in [4.78, 5) is 0. The molecule has 1 atom stereocenters. The van der Waals surface area contributed by atoms with Gasteiger partial charge in [0, 0.05) is 6.42 Å². The van der Waals surface area contributed by atoms with E-state index in [1.54, 1.807) is 31.2 Å². The minimum absolute atomic E-state index is 0.000787. The van der Waals surface area contributed by atoms with Crippen LogP contribution >= 0.6 is 0 Å². The number of benzene rings is 2. The van der Waals surface area contributed by atoms with Crippen molar-refractivity contribution in [3.63, 3.8) is 0 Å². The second kappa shape index (κ2) is 5.85. The Morgan fingerprint density at radius 1 is 1.10 bits per heavy atom. The van der Waals surface area contributed by atoms with E-state index in [0.29, 0.717) is 6.07 Å². The number of alkyl halides is 3. The third-order valence-corrected chi connectivity index (χ3v) is 3.35. The summed E-state index contributed by atoms with van der Waals surface area (Å²) in [5, 5.41) is 10.1. The quantitative estimate of drug-likeness (QED) is 0.831. The zero-order valence-electron chi connectivity index (χ0n) is 11.3. The summed E-state index contributed by atoms with van der Waals surface area (Å²) in [5.74, 6) is -0.804. The fraction of sp³-hybridized carbons (Fsp3) is 0.250. The Morgan fingerprint density at radius 2 is 1.76 bits per heavy atom. The number of rotatable bonds is 3. The van der Waals surface area contributed by atoms with Gasteiger partial charge in [-0.05, 0) is 41.8 Å². The SMILES string of the molecule is Cc1ccccc1CC(O)c1cc(F)ccc1C(F)(F)F. The fourth-order valence-electron chi connectivity index (χ4n) is 2.22. The van der Waals surface area contributed by atoms with Gasteiger partial charge in [-0.1, -0.05) is 24.3 Å². The highest BCUT2D eigenvalue weighted by molar-refractivity contribution is 5.34. The molecule has 1 N–H and O–H groups in total. The van der Waals surface area contributed by atoms with Gasteiger partial charge in [0.1, 0.15) is 5.82 Å². The summed E-state index contributed by atoms with van der Waals surface area (Å²) in [6.45, 7) is 1.80. The first-order chi connectivity index (χ1) is 9.79. The van der Waals surface area contributed by atoms with Crippen LogP contribution < -0.4 is 0 Å². The summed E-state index contributed by atoms with van der Waals surface area (Å²) >= 11 is 0. The molecule has 2 rings (SSSR count). The third-order valence-electron chi connectivity index (χ3n) is 3.35. The fourth-order valence-corrected chi connectivity index (χ4v) is 2.22. The van der Waals surface area contributed by atoms with E-state index in [1.165, 1.54) is 0 Å². The average Bonchev–Trinajstić information content (AvgIpc) is 2.40. The normalized spacial score (nSPS) is 13.2. The zero-order chi connectivity index (χ0) is 15.6. The van der Waals surface area contributed by atoms with Crippen LogP contribution in [0.25, 0.3) is 0 Å². The maximum absolute atomic E-state index is 13.2. The van der Waals surface area contributed by atoms with Crippen LogP contribution in [0.2, 0.25) is 0 Å². The Hall–Kier alpha value is -1.88. The molecule has 0 saturated carbocycles. The molecule has 0 aliphatic carbocycles. The van der Waals surface area contributed by atoms with E-state index in [9.17, 15) is 22.7 Å². The molecule has 1 unspecified atom stereocenters. The molecule has 0 spiro atoms. The monoisotopic (exact) mass is 298 g/mol. The van der Waals surface area contributed by atoms with Crippen LogP contribution in [-0.2, 0) is 12.6 Å². The van der Waals surface area contributed by atoms with Crippen LogP contribution in [-0.4, -0.2) is 5.11 Å². The number of aliphatic hydroxyl groups is 1.